The summed E-state index contributed by atoms with van der Waals surface area (Å²) in [5, 5.41) is 7.57. The minimum atomic E-state index is -0.135. The van der Waals surface area contributed by atoms with Crippen LogP contribution in [0, 0.1) is 19.8 Å². The van der Waals surface area contributed by atoms with Gasteiger partial charge in [-0.1, -0.05) is 44.4 Å². The molecule has 0 radical (unpaired) electrons. The molecule has 2 N–H and O–H groups in total. The van der Waals surface area contributed by atoms with Crippen molar-refractivity contribution in [1.29, 1.82) is 0 Å². The highest BCUT2D eigenvalue weighted by molar-refractivity contribution is 7.80. The van der Waals surface area contributed by atoms with Crippen LogP contribution in [-0.2, 0) is 4.79 Å². The van der Waals surface area contributed by atoms with Gasteiger partial charge in [-0.25, -0.2) is 0 Å². The van der Waals surface area contributed by atoms with Gasteiger partial charge >= 0.3 is 0 Å². The summed E-state index contributed by atoms with van der Waals surface area (Å²) in [6.07, 6.45) is 6.85. The number of benzene rings is 1. The van der Waals surface area contributed by atoms with Crippen LogP contribution in [0.4, 0.5) is 11.4 Å². The van der Waals surface area contributed by atoms with Gasteiger partial charge in [-0.2, -0.15) is 0 Å². The lowest BCUT2D eigenvalue weighted by molar-refractivity contribution is -0.118. The Labute approximate surface area is 229 Å². The molecule has 0 bridgehead atoms. The Balaban J connectivity index is 1.58. The number of carbonyl (C=O) groups is 1. The summed E-state index contributed by atoms with van der Waals surface area (Å²) < 4.78 is 2.52. The molecule has 2 fully saturated rings. The number of pyridine rings is 1. The normalized spacial score (nSPS) is 20.1. The number of anilines is 2. The second-order valence-electron chi connectivity index (χ2n) is 10.4. The number of nitrogens with zero attached hydrogens (tertiary/aromatic N) is 3. The average molecular weight is 536 g/mol. The molecule has 2 aliphatic rings. The van der Waals surface area contributed by atoms with E-state index in [1.165, 1.54) is 42.6 Å². The second-order valence-corrected chi connectivity index (χ2v) is 11.2. The number of hydrogen-bond acceptors (Lipinski definition) is 3. The van der Waals surface area contributed by atoms with Crippen molar-refractivity contribution < 1.29 is 4.79 Å². The lowest BCUT2D eigenvalue weighted by Crippen LogP contribution is -2.29. The van der Waals surface area contributed by atoms with Crippen LogP contribution >= 0.6 is 23.8 Å². The van der Waals surface area contributed by atoms with E-state index in [4.69, 9.17) is 23.8 Å². The molecule has 1 saturated heterocycles. The predicted molar refractivity (Wildman–Crippen MR) is 154 cm³/mol. The molecule has 1 amide bonds. The molecule has 3 aromatic rings. The Morgan fingerprint density at radius 2 is 1.92 bits per heavy atom. The zero-order valence-electron chi connectivity index (χ0n) is 21.8. The first-order valence-electron chi connectivity index (χ1n) is 13.1. The lowest BCUT2D eigenvalue weighted by atomic mass is 9.96. The summed E-state index contributed by atoms with van der Waals surface area (Å²) in [6, 6.07) is 14.3. The molecule has 5 rings (SSSR count). The summed E-state index contributed by atoms with van der Waals surface area (Å²) in [5.74, 6) is -0.204. The van der Waals surface area contributed by atoms with Crippen LogP contribution in [0.15, 0.2) is 48.7 Å². The number of amides is 1. The van der Waals surface area contributed by atoms with Gasteiger partial charge in [0.2, 0.25) is 5.91 Å². The van der Waals surface area contributed by atoms with Gasteiger partial charge in [0.05, 0.1) is 28.5 Å². The number of hydrogen-bond donors (Lipinski definition) is 2. The lowest BCUT2D eigenvalue weighted by Gasteiger charge is -2.29. The Bertz CT molecular complexity index is 1320. The van der Waals surface area contributed by atoms with Gasteiger partial charge in [-0.05, 0) is 80.9 Å². The van der Waals surface area contributed by atoms with Crippen LogP contribution in [0.5, 0.6) is 0 Å². The molecule has 37 heavy (non-hydrogen) atoms. The molecule has 6 nitrogen and oxygen atoms in total. The molecule has 2 atom stereocenters. The maximum atomic E-state index is 12.3. The van der Waals surface area contributed by atoms with E-state index in [-0.39, 0.29) is 23.9 Å². The first-order chi connectivity index (χ1) is 17.8. The van der Waals surface area contributed by atoms with Gasteiger partial charge in [0.25, 0.3) is 0 Å². The van der Waals surface area contributed by atoms with Crippen molar-refractivity contribution >= 4 is 46.2 Å². The number of aryl methyl sites for hydroxylation is 1. The fraction of sp³-hybridized carbons (Fsp3) is 0.414. The van der Waals surface area contributed by atoms with Crippen LogP contribution < -0.4 is 15.5 Å². The van der Waals surface area contributed by atoms with Gasteiger partial charge in [0.1, 0.15) is 0 Å². The second kappa shape index (κ2) is 10.5. The third-order valence-electron chi connectivity index (χ3n) is 7.64. The number of thiocarbonyl (C=S) groups is 1. The number of rotatable bonds is 6. The van der Waals surface area contributed by atoms with Crippen molar-refractivity contribution in [3.05, 3.63) is 76.3 Å². The van der Waals surface area contributed by atoms with Gasteiger partial charge in [-0.3, -0.25) is 9.78 Å². The molecule has 1 aromatic carbocycles. The topological polar surface area (TPSA) is 62.2 Å². The standard InChI is InChI=1S/C29H34ClN5OS/c1-17(2)28(36)32-24-13-12-21(16-23(24)30)35-27(26(33-29(35)37)25-11-7-8-14-31-25)22-15-18(3)34(19(22)4)20-9-5-6-10-20/h7-8,11-17,20,26-27H,5-6,9-10H2,1-4H3,(H,32,36)(H,33,37). The maximum Gasteiger partial charge on any atom is 0.226 e. The fourth-order valence-corrected chi connectivity index (χ4v) is 6.38. The highest BCUT2D eigenvalue weighted by atomic mass is 35.5. The summed E-state index contributed by atoms with van der Waals surface area (Å²) in [7, 11) is 0. The molecule has 0 spiro atoms. The molecule has 2 unspecified atom stereocenters. The Hall–Kier alpha value is -2.90. The highest BCUT2D eigenvalue weighted by Gasteiger charge is 2.42. The van der Waals surface area contributed by atoms with Crippen molar-refractivity contribution in [2.75, 3.05) is 10.2 Å². The van der Waals surface area contributed by atoms with Gasteiger partial charge in [0.15, 0.2) is 5.11 Å². The van der Waals surface area contributed by atoms with E-state index >= 15 is 0 Å². The molecule has 8 heteroatoms. The van der Waals surface area contributed by atoms with Crippen LogP contribution in [0.1, 0.15) is 80.3 Å². The van der Waals surface area contributed by atoms with Crippen molar-refractivity contribution in [3.8, 4) is 0 Å². The summed E-state index contributed by atoms with van der Waals surface area (Å²) >= 11 is 12.6. The zero-order valence-corrected chi connectivity index (χ0v) is 23.4. The van der Waals surface area contributed by atoms with E-state index in [0.29, 0.717) is 21.9 Å². The first kappa shape index (κ1) is 25.7. The SMILES string of the molecule is Cc1cc(C2C(c3ccccn3)NC(=S)N2c2ccc(NC(=O)C(C)C)c(Cl)c2)c(C)n1C1CCCC1. The van der Waals surface area contributed by atoms with Crippen LogP contribution in [0.2, 0.25) is 5.02 Å². The Morgan fingerprint density at radius 3 is 2.57 bits per heavy atom. The van der Waals surface area contributed by atoms with E-state index < -0.39 is 0 Å². The average Bonchev–Trinajstić information content (AvgIpc) is 3.58. The van der Waals surface area contributed by atoms with Gasteiger partial charge in [-0.15, -0.1) is 0 Å². The third kappa shape index (κ3) is 4.87. The molecule has 194 valence electrons. The highest BCUT2D eigenvalue weighted by Crippen LogP contribution is 2.45. The van der Waals surface area contributed by atoms with E-state index in [0.717, 1.165) is 11.4 Å². The molecule has 1 aliphatic heterocycles. The quantitative estimate of drug-likeness (QED) is 0.331. The van der Waals surface area contributed by atoms with E-state index in [2.05, 4.69) is 45.0 Å². The molecule has 1 aliphatic carbocycles. The number of halogens is 1. The predicted octanol–water partition coefficient (Wildman–Crippen LogP) is 7.04. The van der Waals surface area contributed by atoms with Gasteiger partial charge in [0, 0.05) is 35.2 Å². The van der Waals surface area contributed by atoms with Crippen molar-refractivity contribution in [2.45, 2.75) is 71.5 Å². The van der Waals surface area contributed by atoms with Crippen molar-refractivity contribution in [3.63, 3.8) is 0 Å². The number of nitrogens with one attached hydrogen (secondary N) is 2. The van der Waals surface area contributed by atoms with Crippen molar-refractivity contribution in [2.24, 2.45) is 5.92 Å². The molecule has 3 heterocycles. The summed E-state index contributed by atoms with van der Waals surface area (Å²) in [5.41, 5.74) is 6.20. The number of aromatic nitrogens is 2. The Kier molecular flexibility index (Phi) is 7.28. The van der Waals surface area contributed by atoms with Crippen LogP contribution in [-0.4, -0.2) is 20.6 Å². The fourth-order valence-electron chi connectivity index (χ4n) is 5.81. The molecular weight excluding hydrogens is 502 g/mol. The van der Waals surface area contributed by atoms with Gasteiger partial charge < -0.3 is 20.1 Å². The third-order valence-corrected chi connectivity index (χ3v) is 8.27. The monoisotopic (exact) mass is 535 g/mol. The minimum Gasteiger partial charge on any atom is -0.351 e. The first-order valence-corrected chi connectivity index (χ1v) is 13.8. The summed E-state index contributed by atoms with van der Waals surface area (Å²) in [6.45, 7) is 8.15. The Morgan fingerprint density at radius 1 is 1.16 bits per heavy atom. The zero-order chi connectivity index (χ0) is 26.3. The van der Waals surface area contributed by atoms with Crippen LogP contribution in [0.3, 0.4) is 0 Å². The molecule has 2 aromatic heterocycles. The minimum absolute atomic E-state index is 0.0690. The van der Waals surface area contributed by atoms with E-state index in [9.17, 15) is 4.79 Å². The maximum absolute atomic E-state index is 12.3. The molecule has 1 saturated carbocycles. The smallest absolute Gasteiger partial charge is 0.226 e. The number of carbonyl (C=O) groups excluding carboxylic acids is 1. The van der Waals surface area contributed by atoms with E-state index in [1.54, 1.807) is 0 Å². The largest absolute Gasteiger partial charge is 0.351 e. The van der Waals surface area contributed by atoms with E-state index in [1.807, 2.05) is 56.4 Å². The van der Waals surface area contributed by atoms with Crippen LogP contribution in [0.25, 0.3) is 0 Å². The summed E-state index contributed by atoms with van der Waals surface area (Å²) in [4.78, 5) is 19.1. The van der Waals surface area contributed by atoms with Crippen molar-refractivity contribution in [1.82, 2.24) is 14.9 Å². The molecular formula is C29H34ClN5OS.